The van der Waals surface area contributed by atoms with Gasteiger partial charge >= 0.3 is 5.97 Å². The number of carboxylic acids is 1. The average molecular weight is 298 g/mol. The summed E-state index contributed by atoms with van der Waals surface area (Å²) in [7, 11) is 1.49. The summed E-state index contributed by atoms with van der Waals surface area (Å²) in [5.41, 5.74) is 0.874. The lowest BCUT2D eigenvalue weighted by Gasteiger charge is -2.30. The Morgan fingerprint density at radius 2 is 2.20 bits per heavy atom. The maximum absolute atomic E-state index is 12.3. The molecule has 0 aliphatic carbocycles. The van der Waals surface area contributed by atoms with Gasteiger partial charge in [-0.25, -0.2) is 4.79 Å². The van der Waals surface area contributed by atoms with Crippen molar-refractivity contribution in [3.05, 3.63) is 28.8 Å². The highest BCUT2D eigenvalue weighted by molar-refractivity contribution is 6.30. The molecule has 2 rings (SSSR count). The summed E-state index contributed by atoms with van der Waals surface area (Å²) in [4.78, 5) is 24.5. The lowest BCUT2D eigenvalue weighted by atomic mass is 9.95. The fourth-order valence-corrected chi connectivity index (χ4v) is 2.36. The molecular formula is C14H16ClNO4. The van der Waals surface area contributed by atoms with Gasteiger partial charge in [0.15, 0.2) is 0 Å². The number of carbonyl (C=O) groups excluding carboxylic acids is 1. The third-order valence-electron chi connectivity index (χ3n) is 3.56. The largest absolute Gasteiger partial charge is 0.492 e. The normalized spacial score (nSPS) is 18.6. The molecule has 1 aromatic carbocycles. The number of nitrogens with zero attached hydrogens (tertiary/aromatic N) is 1. The highest BCUT2D eigenvalue weighted by Crippen LogP contribution is 2.30. The Balaban J connectivity index is 2.12. The SMILES string of the molecule is CC(C(=O)O)N(C)C(=O)C1COc2ccc(Cl)cc2C1. The fraction of sp³-hybridized carbons (Fsp3) is 0.429. The van der Waals surface area contributed by atoms with Crippen molar-refractivity contribution in [2.45, 2.75) is 19.4 Å². The van der Waals surface area contributed by atoms with Crippen molar-refractivity contribution in [2.75, 3.05) is 13.7 Å². The molecule has 1 N–H and O–H groups in total. The monoisotopic (exact) mass is 297 g/mol. The van der Waals surface area contributed by atoms with Gasteiger partial charge in [0.2, 0.25) is 5.91 Å². The number of likely N-dealkylation sites (N-methyl/N-ethyl adjacent to an activating group) is 1. The van der Waals surface area contributed by atoms with Crippen LogP contribution in [0, 0.1) is 5.92 Å². The van der Waals surface area contributed by atoms with Gasteiger partial charge in [-0.1, -0.05) is 11.6 Å². The van der Waals surface area contributed by atoms with E-state index in [4.69, 9.17) is 21.4 Å². The number of amides is 1. The molecule has 1 amide bonds. The Morgan fingerprint density at radius 1 is 1.50 bits per heavy atom. The molecule has 5 nitrogen and oxygen atoms in total. The zero-order valence-corrected chi connectivity index (χ0v) is 12.1. The molecule has 0 aromatic heterocycles. The molecule has 1 heterocycles. The Labute approximate surface area is 122 Å². The van der Waals surface area contributed by atoms with Crippen molar-refractivity contribution in [3.8, 4) is 5.75 Å². The van der Waals surface area contributed by atoms with E-state index in [-0.39, 0.29) is 18.4 Å². The van der Waals surface area contributed by atoms with E-state index in [1.54, 1.807) is 18.2 Å². The highest BCUT2D eigenvalue weighted by Gasteiger charge is 2.31. The van der Waals surface area contributed by atoms with Crippen molar-refractivity contribution in [1.29, 1.82) is 0 Å². The minimum atomic E-state index is -1.03. The van der Waals surface area contributed by atoms with Crippen molar-refractivity contribution < 1.29 is 19.4 Å². The molecule has 1 aromatic rings. The third kappa shape index (κ3) is 2.88. The maximum atomic E-state index is 12.3. The minimum absolute atomic E-state index is 0.231. The van der Waals surface area contributed by atoms with Crippen LogP contribution in [0.25, 0.3) is 0 Å². The van der Waals surface area contributed by atoms with Gasteiger partial charge in [0, 0.05) is 12.1 Å². The summed E-state index contributed by atoms with van der Waals surface area (Å²) < 4.78 is 5.55. The van der Waals surface area contributed by atoms with Gasteiger partial charge in [-0.05, 0) is 37.1 Å². The second-order valence-corrected chi connectivity index (χ2v) is 5.36. The van der Waals surface area contributed by atoms with Gasteiger partial charge in [-0.2, -0.15) is 0 Å². The van der Waals surface area contributed by atoms with Crippen molar-refractivity contribution in [1.82, 2.24) is 4.90 Å². The Morgan fingerprint density at radius 3 is 2.85 bits per heavy atom. The van der Waals surface area contributed by atoms with E-state index in [1.807, 2.05) is 0 Å². The second-order valence-electron chi connectivity index (χ2n) is 4.93. The molecule has 0 bridgehead atoms. The zero-order valence-electron chi connectivity index (χ0n) is 11.3. The molecule has 2 unspecified atom stereocenters. The number of benzene rings is 1. The number of carbonyl (C=O) groups is 2. The maximum Gasteiger partial charge on any atom is 0.326 e. The summed E-state index contributed by atoms with van der Waals surface area (Å²) in [5, 5.41) is 9.54. The van der Waals surface area contributed by atoms with Crippen molar-refractivity contribution in [2.24, 2.45) is 5.92 Å². The first-order chi connectivity index (χ1) is 9.40. The van der Waals surface area contributed by atoms with Gasteiger partial charge in [0.25, 0.3) is 0 Å². The summed E-state index contributed by atoms with van der Waals surface area (Å²) in [6, 6.07) is 4.43. The molecule has 108 valence electrons. The first-order valence-corrected chi connectivity index (χ1v) is 6.68. The number of aliphatic carboxylic acids is 1. The van der Waals surface area contributed by atoms with E-state index in [9.17, 15) is 9.59 Å². The number of hydrogen-bond acceptors (Lipinski definition) is 3. The van der Waals surface area contributed by atoms with Crippen LogP contribution in [0.1, 0.15) is 12.5 Å². The van der Waals surface area contributed by atoms with E-state index in [2.05, 4.69) is 0 Å². The van der Waals surface area contributed by atoms with E-state index in [1.165, 1.54) is 18.9 Å². The van der Waals surface area contributed by atoms with Gasteiger partial charge in [-0.15, -0.1) is 0 Å². The van der Waals surface area contributed by atoms with Gasteiger partial charge in [0.1, 0.15) is 18.4 Å². The number of ether oxygens (including phenoxy) is 1. The Hall–Kier alpha value is -1.75. The number of halogens is 1. The standard InChI is InChI=1S/C14H16ClNO4/c1-8(14(18)19)16(2)13(17)10-5-9-6-11(15)3-4-12(9)20-7-10/h3-4,6,8,10H,5,7H2,1-2H3,(H,18,19). The molecule has 6 heteroatoms. The quantitative estimate of drug-likeness (QED) is 0.924. The van der Waals surface area contributed by atoms with Crippen molar-refractivity contribution >= 4 is 23.5 Å². The van der Waals surface area contributed by atoms with Crippen LogP contribution >= 0.6 is 11.6 Å². The molecule has 2 atom stereocenters. The lowest BCUT2D eigenvalue weighted by Crippen LogP contribution is -2.45. The first-order valence-electron chi connectivity index (χ1n) is 6.31. The topological polar surface area (TPSA) is 66.8 Å². The molecule has 0 fully saturated rings. The molecule has 0 radical (unpaired) electrons. The number of rotatable bonds is 3. The summed E-state index contributed by atoms with van der Waals surface area (Å²) in [6.45, 7) is 1.73. The highest BCUT2D eigenvalue weighted by atomic mass is 35.5. The molecule has 0 saturated heterocycles. The van der Waals surface area contributed by atoms with E-state index >= 15 is 0 Å². The fourth-order valence-electron chi connectivity index (χ4n) is 2.17. The predicted molar refractivity (Wildman–Crippen MR) is 74.0 cm³/mol. The molecule has 20 heavy (non-hydrogen) atoms. The summed E-state index contributed by atoms with van der Waals surface area (Å²) in [6.07, 6.45) is 0.505. The van der Waals surface area contributed by atoms with Gasteiger partial charge in [0.05, 0.1) is 5.92 Å². The molecule has 0 spiro atoms. The van der Waals surface area contributed by atoms with Crippen LogP contribution < -0.4 is 4.74 Å². The molecule has 1 aliphatic heterocycles. The van der Waals surface area contributed by atoms with Gasteiger partial charge < -0.3 is 14.7 Å². The lowest BCUT2D eigenvalue weighted by molar-refractivity contribution is -0.150. The van der Waals surface area contributed by atoms with E-state index in [0.29, 0.717) is 11.4 Å². The van der Waals surface area contributed by atoms with E-state index < -0.39 is 12.0 Å². The smallest absolute Gasteiger partial charge is 0.326 e. The number of fused-ring (bicyclic) bond motifs is 1. The molecule has 1 aliphatic rings. The van der Waals surface area contributed by atoms with Gasteiger partial charge in [-0.3, -0.25) is 4.79 Å². The van der Waals surface area contributed by atoms with Crippen LogP contribution in [0.2, 0.25) is 5.02 Å². The summed E-state index contributed by atoms with van der Waals surface area (Å²) >= 11 is 5.93. The Kier molecular flexibility index (Phi) is 4.18. The van der Waals surface area contributed by atoms with Crippen LogP contribution in [-0.2, 0) is 16.0 Å². The second kappa shape index (κ2) is 5.71. The average Bonchev–Trinajstić information content (AvgIpc) is 2.43. The molecule has 0 saturated carbocycles. The molecular weight excluding hydrogens is 282 g/mol. The van der Waals surface area contributed by atoms with Crippen LogP contribution in [0.5, 0.6) is 5.75 Å². The number of carboxylic acid groups (broad SMARTS) is 1. The van der Waals surface area contributed by atoms with E-state index in [0.717, 1.165) is 11.3 Å². The first kappa shape index (κ1) is 14.7. The summed E-state index contributed by atoms with van der Waals surface area (Å²) in [5.74, 6) is -0.910. The minimum Gasteiger partial charge on any atom is -0.492 e. The number of hydrogen-bond donors (Lipinski definition) is 1. The third-order valence-corrected chi connectivity index (χ3v) is 3.80. The van der Waals surface area contributed by atoms with Crippen LogP contribution in [0.15, 0.2) is 18.2 Å². The van der Waals surface area contributed by atoms with Crippen LogP contribution in [0.4, 0.5) is 0 Å². The Bertz CT molecular complexity index is 546. The predicted octanol–water partition coefficient (Wildman–Crippen LogP) is 1.82. The zero-order chi connectivity index (χ0) is 14.9. The van der Waals surface area contributed by atoms with Crippen LogP contribution in [0.3, 0.4) is 0 Å². The van der Waals surface area contributed by atoms with Crippen molar-refractivity contribution in [3.63, 3.8) is 0 Å². The van der Waals surface area contributed by atoms with Crippen LogP contribution in [-0.4, -0.2) is 41.6 Å².